The van der Waals surface area contributed by atoms with Gasteiger partial charge in [-0.1, -0.05) is 30.3 Å². The smallest absolute Gasteiger partial charge is 0.376 e. The molecule has 2 heterocycles. The third-order valence-corrected chi connectivity index (χ3v) is 6.05. The van der Waals surface area contributed by atoms with Gasteiger partial charge in [-0.3, -0.25) is 14.7 Å². The number of hydrogen-bond donors (Lipinski definition) is 2. The molecule has 0 radical (unpaired) electrons. The predicted octanol–water partition coefficient (Wildman–Crippen LogP) is 5.49. The Labute approximate surface area is 225 Å². The molecular weight excluding hydrogens is 511 g/mol. The molecule has 0 spiro atoms. The number of halogens is 3. The maximum absolute atomic E-state index is 13.2. The highest BCUT2D eigenvalue weighted by Crippen LogP contribution is 2.31. The SMILES string of the molecule is CC(C)(C)NC(=O)N(CC(=O)Nc1nc(-c2ccccc2)cn1-c1ccc(C(F)(F)F)cc1)C[C@@H]1CCCO1. The number of carbonyl (C=O) groups excluding carboxylic acids is 2. The van der Waals surface area contributed by atoms with E-state index in [1.807, 2.05) is 51.1 Å². The first-order valence-electron chi connectivity index (χ1n) is 12.7. The highest BCUT2D eigenvalue weighted by atomic mass is 19.4. The van der Waals surface area contributed by atoms with E-state index in [4.69, 9.17) is 4.74 Å². The van der Waals surface area contributed by atoms with Crippen molar-refractivity contribution in [1.82, 2.24) is 19.8 Å². The topological polar surface area (TPSA) is 88.5 Å². The zero-order valence-electron chi connectivity index (χ0n) is 22.1. The van der Waals surface area contributed by atoms with Crippen LogP contribution in [0.4, 0.5) is 23.9 Å². The second-order valence-corrected chi connectivity index (χ2v) is 10.5. The van der Waals surface area contributed by atoms with Crippen LogP contribution in [0, 0.1) is 0 Å². The number of nitrogens with one attached hydrogen (secondary N) is 2. The summed E-state index contributed by atoms with van der Waals surface area (Å²) in [4.78, 5) is 32.1. The Hall–Kier alpha value is -3.86. The molecule has 1 saturated heterocycles. The summed E-state index contributed by atoms with van der Waals surface area (Å²) >= 11 is 0. The van der Waals surface area contributed by atoms with Crippen molar-refractivity contribution in [3.05, 3.63) is 66.4 Å². The summed E-state index contributed by atoms with van der Waals surface area (Å²) in [6, 6.07) is 13.4. The van der Waals surface area contributed by atoms with Crippen LogP contribution in [0.2, 0.25) is 0 Å². The van der Waals surface area contributed by atoms with Gasteiger partial charge < -0.3 is 15.0 Å². The molecule has 0 aliphatic carbocycles. The number of hydrogen-bond acceptors (Lipinski definition) is 4. The number of carbonyl (C=O) groups is 2. The highest BCUT2D eigenvalue weighted by Gasteiger charge is 2.30. The van der Waals surface area contributed by atoms with E-state index in [0.29, 0.717) is 18.0 Å². The standard InChI is InChI=1S/C28H32F3N5O3/c1-27(2,3)34-26(38)35(16-22-10-7-15-39-22)18-24(37)33-25-32-23(19-8-5-4-6-9-19)17-36(25)21-13-11-20(12-14-21)28(29,30)31/h4-6,8-9,11-14,17,22H,7,10,15-16,18H2,1-3H3,(H,34,38)(H,32,33,37)/t22-/m0/s1. The first-order chi connectivity index (χ1) is 18.4. The Balaban J connectivity index is 1.60. The molecule has 1 aliphatic rings. The van der Waals surface area contributed by atoms with Crippen molar-refractivity contribution < 1.29 is 27.5 Å². The monoisotopic (exact) mass is 543 g/mol. The molecule has 0 unspecified atom stereocenters. The molecule has 2 N–H and O–H groups in total. The summed E-state index contributed by atoms with van der Waals surface area (Å²) in [6.07, 6.45) is -1.32. The summed E-state index contributed by atoms with van der Waals surface area (Å²) in [5.74, 6) is -0.387. The van der Waals surface area contributed by atoms with Gasteiger partial charge in [0.25, 0.3) is 0 Å². The minimum absolute atomic E-state index is 0.118. The number of ether oxygens (including phenoxy) is 1. The lowest BCUT2D eigenvalue weighted by molar-refractivity contribution is -0.137. The summed E-state index contributed by atoms with van der Waals surface area (Å²) in [5.41, 5.74) is 0.381. The van der Waals surface area contributed by atoms with Gasteiger partial charge in [0.2, 0.25) is 11.9 Å². The lowest BCUT2D eigenvalue weighted by atomic mass is 10.1. The highest BCUT2D eigenvalue weighted by molar-refractivity contribution is 5.93. The van der Waals surface area contributed by atoms with E-state index >= 15 is 0 Å². The molecule has 39 heavy (non-hydrogen) atoms. The Morgan fingerprint density at radius 2 is 1.77 bits per heavy atom. The molecule has 1 fully saturated rings. The van der Waals surface area contributed by atoms with Gasteiger partial charge in [0.1, 0.15) is 6.54 Å². The molecule has 3 amide bonds. The summed E-state index contributed by atoms with van der Waals surface area (Å²) in [6.45, 7) is 6.14. The van der Waals surface area contributed by atoms with Gasteiger partial charge in [-0.15, -0.1) is 0 Å². The number of anilines is 1. The summed E-state index contributed by atoms with van der Waals surface area (Å²) in [7, 11) is 0. The van der Waals surface area contributed by atoms with Crippen LogP contribution in [0.25, 0.3) is 16.9 Å². The maximum atomic E-state index is 13.2. The van der Waals surface area contributed by atoms with Gasteiger partial charge in [-0.05, 0) is 57.9 Å². The predicted molar refractivity (Wildman–Crippen MR) is 141 cm³/mol. The van der Waals surface area contributed by atoms with Gasteiger partial charge in [0.15, 0.2) is 0 Å². The summed E-state index contributed by atoms with van der Waals surface area (Å²) in [5, 5.41) is 5.63. The number of imidazole rings is 1. The number of alkyl halides is 3. The molecule has 4 rings (SSSR count). The largest absolute Gasteiger partial charge is 0.416 e. The fourth-order valence-corrected chi connectivity index (χ4v) is 4.22. The maximum Gasteiger partial charge on any atom is 0.416 e. The number of rotatable bonds is 7. The zero-order chi connectivity index (χ0) is 28.2. The van der Waals surface area contributed by atoms with Crippen LogP contribution in [0.5, 0.6) is 0 Å². The second-order valence-electron chi connectivity index (χ2n) is 10.5. The van der Waals surface area contributed by atoms with E-state index in [1.54, 1.807) is 6.20 Å². The van der Waals surface area contributed by atoms with Crippen molar-refractivity contribution in [2.75, 3.05) is 25.0 Å². The van der Waals surface area contributed by atoms with Gasteiger partial charge in [-0.25, -0.2) is 9.78 Å². The second kappa shape index (κ2) is 11.5. The van der Waals surface area contributed by atoms with E-state index < -0.39 is 29.2 Å². The molecule has 1 atom stereocenters. The molecule has 0 bridgehead atoms. The van der Waals surface area contributed by atoms with E-state index in [9.17, 15) is 22.8 Å². The number of benzene rings is 2. The van der Waals surface area contributed by atoms with Crippen LogP contribution in [0.3, 0.4) is 0 Å². The molecule has 2 aromatic carbocycles. The third-order valence-electron chi connectivity index (χ3n) is 6.05. The molecule has 208 valence electrons. The van der Waals surface area contributed by atoms with E-state index in [1.165, 1.54) is 21.6 Å². The Morgan fingerprint density at radius 3 is 2.36 bits per heavy atom. The lowest BCUT2D eigenvalue weighted by Gasteiger charge is -2.29. The average molecular weight is 544 g/mol. The Kier molecular flexibility index (Phi) is 8.29. The van der Waals surface area contributed by atoms with Crippen LogP contribution in [-0.4, -0.2) is 57.7 Å². The van der Waals surface area contributed by atoms with Gasteiger partial charge >= 0.3 is 12.2 Å². The van der Waals surface area contributed by atoms with Gasteiger partial charge in [0, 0.05) is 36.1 Å². The molecular formula is C28H32F3N5O3. The third kappa shape index (κ3) is 7.60. The normalized spacial score (nSPS) is 15.7. The fourth-order valence-electron chi connectivity index (χ4n) is 4.22. The first kappa shape index (κ1) is 28.2. The Bertz CT molecular complexity index is 1280. The number of urea groups is 1. The van der Waals surface area contributed by atoms with Crippen LogP contribution in [-0.2, 0) is 15.7 Å². The molecule has 1 aliphatic heterocycles. The molecule has 11 heteroatoms. The minimum atomic E-state index is -4.47. The van der Waals surface area contributed by atoms with Crippen LogP contribution in [0.15, 0.2) is 60.8 Å². The lowest BCUT2D eigenvalue weighted by Crippen LogP contribution is -2.52. The number of nitrogens with zero attached hydrogens (tertiary/aromatic N) is 3. The fraction of sp³-hybridized carbons (Fsp3) is 0.393. The Morgan fingerprint density at radius 1 is 1.08 bits per heavy atom. The molecule has 8 nitrogen and oxygen atoms in total. The van der Waals surface area contributed by atoms with Crippen molar-refractivity contribution >= 4 is 17.9 Å². The summed E-state index contributed by atoms with van der Waals surface area (Å²) < 4.78 is 46.5. The minimum Gasteiger partial charge on any atom is -0.376 e. The first-order valence-corrected chi connectivity index (χ1v) is 12.7. The van der Waals surface area contributed by atoms with Crippen LogP contribution in [0.1, 0.15) is 39.2 Å². The van der Waals surface area contributed by atoms with Crippen molar-refractivity contribution in [1.29, 1.82) is 0 Å². The van der Waals surface area contributed by atoms with Crippen LogP contribution < -0.4 is 10.6 Å². The number of aromatic nitrogens is 2. The van der Waals surface area contributed by atoms with E-state index in [2.05, 4.69) is 15.6 Å². The van der Waals surface area contributed by atoms with Gasteiger partial charge in [0.05, 0.1) is 17.4 Å². The van der Waals surface area contributed by atoms with Crippen molar-refractivity contribution in [2.24, 2.45) is 0 Å². The van der Waals surface area contributed by atoms with E-state index in [-0.39, 0.29) is 25.1 Å². The average Bonchev–Trinajstić information content (AvgIpc) is 3.53. The van der Waals surface area contributed by atoms with Crippen LogP contribution >= 0.6 is 0 Å². The van der Waals surface area contributed by atoms with Crippen molar-refractivity contribution in [3.63, 3.8) is 0 Å². The zero-order valence-corrected chi connectivity index (χ0v) is 22.1. The van der Waals surface area contributed by atoms with Crippen molar-refractivity contribution in [2.45, 2.75) is 51.4 Å². The quantitative estimate of drug-likeness (QED) is 0.413. The molecule has 3 aromatic rings. The molecule has 0 saturated carbocycles. The number of amides is 3. The van der Waals surface area contributed by atoms with Crippen molar-refractivity contribution in [3.8, 4) is 16.9 Å². The molecule has 1 aromatic heterocycles. The van der Waals surface area contributed by atoms with Gasteiger partial charge in [-0.2, -0.15) is 13.2 Å². The van der Waals surface area contributed by atoms with E-state index in [0.717, 1.165) is 30.5 Å².